The molecule has 30 heavy (non-hydrogen) atoms. The zero-order valence-electron chi connectivity index (χ0n) is 21.2. The van der Waals surface area contributed by atoms with Crippen LogP contribution < -0.4 is 0 Å². The van der Waals surface area contributed by atoms with Crippen LogP contribution in [0.2, 0.25) is 0 Å². The fourth-order valence-electron chi connectivity index (χ4n) is 4.41. The summed E-state index contributed by atoms with van der Waals surface area (Å²) in [7, 11) is 0. The SMILES string of the molecule is CCCCCCCCCCCCC(=CCCCO)CCCCCCCCCCCC. The first-order chi connectivity index (χ1) is 14.8. The summed E-state index contributed by atoms with van der Waals surface area (Å²) < 4.78 is 0. The minimum absolute atomic E-state index is 0.334. The van der Waals surface area contributed by atoms with E-state index in [-0.39, 0.29) is 0 Å². The molecule has 0 saturated heterocycles. The lowest BCUT2D eigenvalue weighted by atomic mass is 9.98. The van der Waals surface area contributed by atoms with Gasteiger partial charge in [-0.25, -0.2) is 0 Å². The van der Waals surface area contributed by atoms with Gasteiger partial charge in [-0.05, 0) is 38.5 Å². The van der Waals surface area contributed by atoms with Gasteiger partial charge in [0.15, 0.2) is 0 Å². The lowest BCUT2D eigenvalue weighted by Gasteiger charge is -2.09. The molecule has 0 atom stereocenters. The summed E-state index contributed by atoms with van der Waals surface area (Å²) in [6.45, 7) is 4.92. The zero-order valence-corrected chi connectivity index (χ0v) is 21.2. The largest absolute Gasteiger partial charge is 0.396 e. The Bertz CT molecular complexity index is 307. The van der Waals surface area contributed by atoms with E-state index < -0.39 is 0 Å². The molecule has 0 unspecified atom stereocenters. The molecule has 0 aromatic rings. The number of aliphatic hydroxyl groups is 1. The maximum absolute atomic E-state index is 9.08. The molecule has 0 rings (SSSR count). The lowest BCUT2D eigenvalue weighted by molar-refractivity contribution is 0.289. The first-order valence-corrected chi connectivity index (χ1v) is 14.1. The van der Waals surface area contributed by atoms with Crippen molar-refractivity contribution in [1.29, 1.82) is 0 Å². The normalized spacial score (nSPS) is 11.2. The van der Waals surface area contributed by atoms with Crippen LogP contribution in [-0.4, -0.2) is 11.7 Å². The monoisotopic (exact) mass is 422 g/mol. The van der Waals surface area contributed by atoms with Gasteiger partial charge < -0.3 is 5.11 Å². The van der Waals surface area contributed by atoms with E-state index >= 15 is 0 Å². The Kier molecular flexibility index (Phi) is 26.5. The van der Waals surface area contributed by atoms with Crippen molar-refractivity contribution in [2.75, 3.05) is 6.61 Å². The molecule has 0 bridgehead atoms. The van der Waals surface area contributed by atoms with Crippen LogP contribution in [0.4, 0.5) is 0 Å². The molecule has 0 aliphatic heterocycles. The molecule has 1 nitrogen and oxygen atoms in total. The second-order valence-corrected chi connectivity index (χ2v) is 9.59. The predicted octanol–water partition coefficient (Wildman–Crippen LogP) is 10.3. The summed E-state index contributed by atoms with van der Waals surface area (Å²) in [6.07, 6.45) is 35.5. The Morgan fingerprint density at radius 1 is 0.467 bits per heavy atom. The second kappa shape index (κ2) is 26.7. The summed E-state index contributed by atoms with van der Waals surface area (Å²) in [5, 5.41) is 9.08. The van der Waals surface area contributed by atoms with Gasteiger partial charge in [0.05, 0.1) is 0 Å². The molecule has 1 heteroatoms. The minimum atomic E-state index is 0.334. The Morgan fingerprint density at radius 2 is 0.800 bits per heavy atom. The first-order valence-electron chi connectivity index (χ1n) is 14.1. The summed E-state index contributed by atoms with van der Waals surface area (Å²) in [4.78, 5) is 0. The van der Waals surface area contributed by atoms with E-state index in [2.05, 4.69) is 19.9 Å². The molecular formula is C29H58O. The Hall–Kier alpha value is -0.300. The standard InChI is InChI=1S/C29H58O/c1-3-5-7-9-11-13-15-17-19-21-25-29(27-23-24-28-30)26-22-20-18-16-14-12-10-8-6-4-2/h27,30H,3-26,28H2,1-2H3. The van der Waals surface area contributed by atoms with Crippen LogP contribution in [0.3, 0.4) is 0 Å². The van der Waals surface area contributed by atoms with Crippen molar-refractivity contribution in [3.05, 3.63) is 11.6 Å². The van der Waals surface area contributed by atoms with Gasteiger partial charge in [0.1, 0.15) is 0 Å². The fraction of sp³-hybridized carbons (Fsp3) is 0.931. The molecule has 0 saturated carbocycles. The lowest BCUT2D eigenvalue weighted by Crippen LogP contribution is -1.90. The smallest absolute Gasteiger partial charge is 0.0433 e. The van der Waals surface area contributed by atoms with Gasteiger partial charge in [-0.15, -0.1) is 0 Å². The number of aliphatic hydroxyl groups excluding tert-OH is 1. The topological polar surface area (TPSA) is 20.2 Å². The van der Waals surface area contributed by atoms with E-state index in [1.165, 1.54) is 141 Å². The van der Waals surface area contributed by atoms with Crippen LogP contribution in [0.15, 0.2) is 11.6 Å². The number of unbranched alkanes of at least 4 members (excludes halogenated alkanes) is 19. The molecule has 0 spiro atoms. The minimum Gasteiger partial charge on any atom is -0.396 e. The Labute approximate surface area is 191 Å². The maximum Gasteiger partial charge on any atom is 0.0433 e. The zero-order chi connectivity index (χ0) is 22.0. The fourth-order valence-corrected chi connectivity index (χ4v) is 4.41. The van der Waals surface area contributed by atoms with E-state index in [0.717, 1.165) is 12.8 Å². The quantitative estimate of drug-likeness (QED) is 0.114. The van der Waals surface area contributed by atoms with Gasteiger partial charge in [-0.1, -0.05) is 141 Å². The van der Waals surface area contributed by atoms with E-state index in [0.29, 0.717) is 6.61 Å². The van der Waals surface area contributed by atoms with Crippen LogP contribution in [-0.2, 0) is 0 Å². The highest BCUT2D eigenvalue weighted by atomic mass is 16.2. The van der Waals surface area contributed by atoms with E-state index in [4.69, 9.17) is 5.11 Å². The number of rotatable bonds is 25. The van der Waals surface area contributed by atoms with Crippen molar-refractivity contribution in [3.63, 3.8) is 0 Å². The predicted molar refractivity (Wildman–Crippen MR) is 137 cm³/mol. The van der Waals surface area contributed by atoms with Crippen molar-refractivity contribution in [3.8, 4) is 0 Å². The average molecular weight is 423 g/mol. The highest BCUT2D eigenvalue weighted by Crippen LogP contribution is 2.20. The molecule has 0 amide bonds. The van der Waals surface area contributed by atoms with E-state index in [9.17, 15) is 0 Å². The number of allylic oxidation sites excluding steroid dienone is 2. The van der Waals surface area contributed by atoms with Crippen molar-refractivity contribution >= 4 is 0 Å². The molecule has 180 valence electrons. The van der Waals surface area contributed by atoms with Crippen LogP contribution in [0.25, 0.3) is 0 Å². The van der Waals surface area contributed by atoms with Gasteiger partial charge >= 0.3 is 0 Å². The number of hydrogen-bond donors (Lipinski definition) is 1. The highest BCUT2D eigenvalue weighted by molar-refractivity contribution is 5.01. The summed E-state index contributed by atoms with van der Waals surface area (Å²) in [6, 6.07) is 0. The van der Waals surface area contributed by atoms with Gasteiger partial charge in [0, 0.05) is 6.61 Å². The second-order valence-electron chi connectivity index (χ2n) is 9.59. The molecule has 0 aliphatic carbocycles. The van der Waals surface area contributed by atoms with Gasteiger partial charge in [-0.2, -0.15) is 0 Å². The van der Waals surface area contributed by atoms with Gasteiger partial charge in [0.2, 0.25) is 0 Å². The van der Waals surface area contributed by atoms with Crippen LogP contribution >= 0.6 is 0 Å². The van der Waals surface area contributed by atoms with E-state index in [1.54, 1.807) is 5.57 Å². The van der Waals surface area contributed by atoms with Crippen LogP contribution in [0, 0.1) is 0 Å². The molecule has 0 radical (unpaired) electrons. The molecule has 0 aromatic carbocycles. The summed E-state index contributed by atoms with van der Waals surface area (Å²) >= 11 is 0. The molecule has 0 aliphatic rings. The summed E-state index contributed by atoms with van der Waals surface area (Å²) in [5.41, 5.74) is 1.68. The molecule has 0 fully saturated rings. The van der Waals surface area contributed by atoms with Crippen molar-refractivity contribution in [2.24, 2.45) is 0 Å². The van der Waals surface area contributed by atoms with Crippen molar-refractivity contribution in [2.45, 2.75) is 168 Å². The first kappa shape index (κ1) is 29.7. The average Bonchev–Trinajstić information content (AvgIpc) is 2.76. The third-order valence-corrected chi connectivity index (χ3v) is 6.50. The van der Waals surface area contributed by atoms with Crippen molar-refractivity contribution in [1.82, 2.24) is 0 Å². The molecular weight excluding hydrogens is 364 g/mol. The van der Waals surface area contributed by atoms with Crippen molar-refractivity contribution < 1.29 is 5.11 Å². The Balaban J connectivity index is 3.68. The van der Waals surface area contributed by atoms with Gasteiger partial charge in [-0.3, -0.25) is 0 Å². The van der Waals surface area contributed by atoms with Crippen LogP contribution in [0.1, 0.15) is 168 Å². The molecule has 1 N–H and O–H groups in total. The van der Waals surface area contributed by atoms with Crippen LogP contribution in [0.5, 0.6) is 0 Å². The molecule has 0 heterocycles. The highest BCUT2D eigenvalue weighted by Gasteiger charge is 2.00. The third-order valence-electron chi connectivity index (χ3n) is 6.50. The number of hydrogen-bond acceptors (Lipinski definition) is 1. The molecule has 0 aromatic heterocycles. The summed E-state index contributed by atoms with van der Waals surface area (Å²) in [5.74, 6) is 0. The van der Waals surface area contributed by atoms with Gasteiger partial charge in [0.25, 0.3) is 0 Å². The third kappa shape index (κ3) is 24.0. The maximum atomic E-state index is 9.08. The van der Waals surface area contributed by atoms with E-state index in [1.807, 2.05) is 0 Å². The Morgan fingerprint density at radius 3 is 1.13 bits per heavy atom.